The zero-order valence-corrected chi connectivity index (χ0v) is 16.5. The number of nitrogens with one attached hydrogen (secondary N) is 1. The summed E-state index contributed by atoms with van der Waals surface area (Å²) in [4.78, 5) is 39.5. The van der Waals surface area contributed by atoms with E-state index in [2.05, 4.69) is 5.32 Å². The van der Waals surface area contributed by atoms with Crippen molar-refractivity contribution in [3.05, 3.63) is 12.2 Å². The molecular formula is C21H32N2O5. The second-order valence-corrected chi connectivity index (χ2v) is 8.35. The Morgan fingerprint density at radius 2 is 2.04 bits per heavy atom. The molecule has 7 nitrogen and oxygen atoms in total. The summed E-state index contributed by atoms with van der Waals surface area (Å²) in [5, 5.41) is 12.6. The van der Waals surface area contributed by atoms with Crippen molar-refractivity contribution >= 4 is 17.8 Å². The van der Waals surface area contributed by atoms with Crippen LogP contribution in [0.1, 0.15) is 64.2 Å². The van der Waals surface area contributed by atoms with Gasteiger partial charge < -0.3 is 20.1 Å². The third-order valence-electron chi connectivity index (χ3n) is 6.26. The predicted molar refractivity (Wildman–Crippen MR) is 103 cm³/mol. The minimum Gasteiger partial charge on any atom is -0.463 e. The fourth-order valence-corrected chi connectivity index (χ4v) is 4.56. The molecule has 2 fully saturated rings. The summed E-state index contributed by atoms with van der Waals surface area (Å²) in [6.45, 7) is 0.825. The van der Waals surface area contributed by atoms with Crippen molar-refractivity contribution in [1.82, 2.24) is 10.2 Å². The third-order valence-corrected chi connectivity index (χ3v) is 6.26. The van der Waals surface area contributed by atoms with Crippen molar-refractivity contribution in [3.8, 4) is 0 Å². The summed E-state index contributed by atoms with van der Waals surface area (Å²) < 4.78 is 5.44. The number of carbonyl (C=O) groups is 3. The number of allylic oxidation sites excluding steroid dienone is 2. The molecule has 0 bridgehead atoms. The molecule has 2 amide bonds. The summed E-state index contributed by atoms with van der Waals surface area (Å²) in [6, 6.07) is -0.127. The first-order valence-electron chi connectivity index (χ1n) is 10.6. The number of carbonyl (C=O) groups excluding carboxylic acids is 3. The molecule has 1 saturated carbocycles. The molecule has 2 heterocycles. The van der Waals surface area contributed by atoms with Crippen molar-refractivity contribution in [2.45, 2.75) is 75.8 Å². The van der Waals surface area contributed by atoms with Gasteiger partial charge in [-0.25, -0.2) is 0 Å². The van der Waals surface area contributed by atoms with Crippen LogP contribution in [0.4, 0.5) is 0 Å². The van der Waals surface area contributed by atoms with E-state index < -0.39 is 11.5 Å². The fraction of sp³-hybridized carbons (Fsp3) is 0.762. The molecule has 2 atom stereocenters. The Morgan fingerprint density at radius 1 is 1.25 bits per heavy atom. The molecule has 0 aromatic carbocycles. The lowest BCUT2D eigenvalue weighted by Gasteiger charge is -2.32. The van der Waals surface area contributed by atoms with E-state index in [1.165, 1.54) is 0 Å². The van der Waals surface area contributed by atoms with Crippen molar-refractivity contribution in [3.63, 3.8) is 0 Å². The molecule has 0 radical (unpaired) electrons. The summed E-state index contributed by atoms with van der Waals surface area (Å²) in [5.41, 5.74) is -0.502. The Labute approximate surface area is 166 Å². The van der Waals surface area contributed by atoms with E-state index in [-0.39, 0.29) is 43.5 Å². The van der Waals surface area contributed by atoms with E-state index in [4.69, 9.17) is 4.74 Å². The number of hydrogen-bond donors (Lipinski definition) is 2. The lowest BCUT2D eigenvalue weighted by atomic mass is 9.93. The largest absolute Gasteiger partial charge is 0.463 e. The summed E-state index contributed by atoms with van der Waals surface area (Å²) in [5.74, 6) is -0.891. The van der Waals surface area contributed by atoms with Gasteiger partial charge in [0.05, 0.1) is 24.1 Å². The normalized spacial score (nSPS) is 28.5. The topological polar surface area (TPSA) is 95.9 Å². The van der Waals surface area contributed by atoms with Crippen molar-refractivity contribution in [2.24, 2.45) is 5.92 Å². The first-order chi connectivity index (χ1) is 13.5. The molecule has 3 rings (SSSR count). The standard InChI is InChI=1S/C21H32N2O5/c24-14-17-8-6-12-23(17)18(25)13-16-7-2-1-3-9-19(26)28-15-21(22-20(16)27)10-4-5-11-21/h1-2,16-17,24H,3-15H2,(H,22,27). The van der Waals surface area contributed by atoms with Crippen LogP contribution in [0.3, 0.4) is 0 Å². The Hall–Kier alpha value is -1.89. The Balaban J connectivity index is 1.72. The summed E-state index contributed by atoms with van der Waals surface area (Å²) in [6.07, 6.45) is 10.6. The van der Waals surface area contributed by atoms with Crippen LogP contribution >= 0.6 is 0 Å². The molecule has 28 heavy (non-hydrogen) atoms. The fourth-order valence-electron chi connectivity index (χ4n) is 4.56. The van der Waals surface area contributed by atoms with Crippen LogP contribution in [0.2, 0.25) is 0 Å². The third kappa shape index (κ3) is 5.13. The number of aliphatic hydroxyl groups is 1. The number of amides is 2. The maximum atomic E-state index is 13.1. The Kier molecular flexibility index (Phi) is 7.10. The highest BCUT2D eigenvalue weighted by Crippen LogP contribution is 2.31. The van der Waals surface area contributed by atoms with Crippen LogP contribution in [0.15, 0.2) is 12.2 Å². The minimum absolute atomic E-state index is 0.0308. The van der Waals surface area contributed by atoms with E-state index in [9.17, 15) is 19.5 Å². The van der Waals surface area contributed by atoms with E-state index in [0.717, 1.165) is 38.5 Å². The number of likely N-dealkylation sites (tertiary alicyclic amines) is 1. The van der Waals surface area contributed by atoms with Gasteiger partial charge in [0.2, 0.25) is 11.8 Å². The van der Waals surface area contributed by atoms with Crippen LogP contribution in [0.25, 0.3) is 0 Å². The molecule has 0 aromatic rings. The van der Waals surface area contributed by atoms with Gasteiger partial charge in [0.1, 0.15) is 6.61 Å². The molecule has 156 valence electrons. The van der Waals surface area contributed by atoms with E-state index >= 15 is 0 Å². The SMILES string of the molecule is O=C1CCC=CCC(CC(=O)N2CCCC2CO)C(=O)NC2(CCCC2)CO1. The zero-order valence-electron chi connectivity index (χ0n) is 16.5. The van der Waals surface area contributed by atoms with Gasteiger partial charge in [-0.05, 0) is 38.5 Å². The maximum Gasteiger partial charge on any atom is 0.306 e. The quantitative estimate of drug-likeness (QED) is 0.563. The van der Waals surface area contributed by atoms with Gasteiger partial charge in [0.25, 0.3) is 0 Å². The van der Waals surface area contributed by atoms with Gasteiger partial charge >= 0.3 is 5.97 Å². The maximum absolute atomic E-state index is 13.1. The van der Waals surface area contributed by atoms with Crippen LogP contribution < -0.4 is 5.32 Å². The number of esters is 1. The average molecular weight is 392 g/mol. The first kappa shape index (κ1) is 20.8. The second kappa shape index (κ2) is 9.54. The van der Waals surface area contributed by atoms with Crippen molar-refractivity contribution in [1.29, 1.82) is 0 Å². The molecular weight excluding hydrogens is 360 g/mol. The van der Waals surface area contributed by atoms with Crippen LogP contribution in [-0.2, 0) is 19.1 Å². The zero-order chi connectivity index (χ0) is 20.0. The first-order valence-corrected chi connectivity index (χ1v) is 10.6. The van der Waals surface area contributed by atoms with E-state index in [0.29, 0.717) is 25.8 Å². The molecule has 1 saturated heterocycles. The summed E-state index contributed by atoms with van der Waals surface area (Å²) in [7, 11) is 0. The number of aliphatic hydroxyl groups excluding tert-OH is 1. The van der Waals surface area contributed by atoms with Gasteiger partial charge in [0, 0.05) is 19.4 Å². The molecule has 1 aliphatic carbocycles. The highest BCUT2D eigenvalue weighted by Gasteiger charge is 2.39. The molecule has 2 unspecified atom stereocenters. The Bertz CT molecular complexity index is 612. The minimum atomic E-state index is -0.502. The predicted octanol–water partition coefficient (Wildman–Crippen LogP) is 1.69. The molecule has 1 spiro atoms. The van der Waals surface area contributed by atoms with Gasteiger partial charge in [-0.1, -0.05) is 25.0 Å². The number of cyclic esters (lactones) is 1. The van der Waals surface area contributed by atoms with Crippen LogP contribution in [0.5, 0.6) is 0 Å². The van der Waals surface area contributed by atoms with Gasteiger partial charge in [-0.2, -0.15) is 0 Å². The number of ether oxygens (including phenoxy) is 1. The lowest BCUT2D eigenvalue weighted by Crippen LogP contribution is -2.52. The van der Waals surface area contributed by atoms with E-state index in [1.54, 1.807) is 4.90 Å². The molecule has 7 heteroatoms. The lowest BCUT2D eigenvalue weighted by molar-refractivity contribution is -0.147. The smallest absolute Gasteiger partial charge is 0.306 e. The second-order valence-electron chi connectivity index (χ2n) is 8.35. The number of hydrogen-bond acceptors (Lipinski definition) is 5. The summed E-state index contributed by atoms with van der Waals surface area (Å²) >= 11 is 0. The average Bonchev–Trinajstić information content (AvgIpc) is 3.34. The highest BCUT2D eigenvalue weighted by molar-refractivity contribution is 5.86. The molecule has 2 N–H and O–H groups in total. The monoisotopic (exact) mass is 392 g/mol. The van der Waals surface area contributed by atoms with E-state index in [1.807, 2.05) is 12.2 Å². The molecule has 2 aliphatic heterocycles. The van der Waals surface area contributed by atoms with Gasteiger partial charge in [0.15, 0.2) is 0 Å². The van der Waals surface area contributed by atoms with Crippen molar-refractivity contribution in [2.75, 3.05) is 19.8 Å². The van der Waals surface area contributed by atoms with Crippen LogP contribution in [-0.4, -0.2) is 59.1 Å². The highest BCUT2D eigenvalue weighted by atomic mass is 16.5. The number of nitrogens with zero attached hydrogens (tertiary/aromatic N) is 1. The Morgan fingerprint density at radius 3 is 2.79 bits per heavy atom. The molecule has 3 aliphatic rings. The molecule has 0 aromatic heterocycles. The van der Waals surface area contributed by atoms with Gasteiger partial charge in [-0.3, -0.25) is 14.4 Å². The number of rotatable bonds is 3. The van der Waals surface area contributed by atoms with Gasteiger partial charge in [-0.15, -0.1) is 0 Å². The van der Waals surface area contributed by atoms with Crippen LogP contribution in [0, 0.1) is 5.92 Å². The van der Waals surface area contributed by atoms with Crippen molar-refractivity contribution < 1.29 is 24.2 Å².